The highest BCUT2D eigenvalue weighted by Gasteiger charge is 2.66. The third kappa shape index (κ3) is 3.35. The Hall–Kier alpha value is -0.618. The molecule has 5 heteroatoms. The molecule has 1 saturated carbocycles. The van der Waals surface area contributed by atoms with Gasteiger partial charge in [0.1, 0.15) is 5.50 Å². The van der Waals surface area contributed by atoms with E-state index in [9.17, 15) is 0 Å². The minimum atomic E-state index is -2.07. The van der Waals surface area contributed by atoms with Gasteiger partial charge in [-0.15, -0.1) is 0 Å². The summed E-state index contributed by atoms with van der Waals surface area (Å²) in [7, 11) is -2.43. The molecule has 1 heterocycles. The van der Waals surface area contributed by atoms with E-state index in [0.717, 1.165) is 6.42 Å². The molecular formula is C25H41BO3Si. The second kappa shape index (κ2) is 6.94. The van der Waals surface area contributed by atoms with Crippen molar-refractivity contribution >= 4 is 15.4 Å². The van der Waals surface area contributed by atoms with E-state index < -0.39 is 13.8 Å². The van der Waals surface area contributed by atoms with Crippen LogP contribution in [0.25, 0.3) is 0 Å². The van der Waals surface area contributed by atoms with Gasteiger partial charge in [-0.2, -0.15) is 0 Å². The fourth-order valence-electron chi connectivity index (χ4n) is 5.33. The SMILES string of the molecule is CC1(C)OB([C@@]2(O[Si](C)(C)C(C)(C)C)CCC3CCC4C=CC=CC4=C32)OC1(C)C. The molecule has 0 N–H and O–H groups in total. The Morgan fingerprint density at radius 3 is 2.23 bits per heavy atom. The molecule has 2 unspecified atom stereocenters. The molecular weight excluding hydrogens is 387 g/mol. The van der Waals surface area contributed by atoms with Crippen LogP contribution in [0.5, 0.6) is 0 Å². The molecule has 3 nitrogen and oxygen atoms in total. The van der Waals surface area contributed by atoms with Gasteiger partial charge in [0.25, 0.3) is 0 Å². The summed E-state index contributed by atoms with van der Waals surface area (Å²) in [6, 6.07) is 0. The second-order valence-corrected chi connectivity index (χ2v) is 17.1. The Balaban J connectivity index is 1.87. The Bertz CT molecular complexity index is 786. The van der Waals surface area contributed by atoms with Gasteiger partial charge < -0.3 is 13.7 Å². The van der Waals surface area contributed by atoms with Crippen molar-refractivity contribution in [1.29, 1.82) is 0 Å². The van der Waals surface area contributed by atoms with Crippen molar-refractivity contribution < 1.29 is 13.7 Å². The predicted molar refractivity (Wildman–Crippen MR) is 128 cm³/mol. The van der Waals surface area contributed by atoms with Gasteiger partial charge in [-0.05, 0) is 88.6 Å². The highest BCUT2D eigenvalue weighted by Crippen LogP contribution is 2.57. The lowest BCUT2D eigenvalue weighted by atomic mass is 9.59. The minimum absolute atomic E-state index is 0.128. The summed E-state index contributed by atoms with van der Waals surface area (Å²) in [5, 5.41) is 0.128. The number of hydrogen-bond donors (Lipinski definition) is 0. The van der Waals surface area contributed by atoms with E-state index in [4.69, 9.17) is 13.7 Å². The summed E-state index contributed by atoms with van der Waals surface area (Å²) in [6.45, 7) is 20.4. The maximum absolute atomic E-state index is 7.41. The zero-order valence-electron chi connectivity index (χ0n) is 20.6. The molecule has 0 bridgehead atoms. The van der Waals surface area contributed by atoms with E-state index >= 15 is 0 Å². The van der Waals surface area contributed by atoms with Crippen LogP contribution < -0.4 is 0 Å². The summed E-state index contributed by atoms with van der Waals surface area (Å²) in [6.07, 6.45) is 13.8. The molecule has 1 saturated heterocycles. The van der Waals surface area contributed by atoms with Crippen molar-refractivity contribution in [1.82, 2.24) is 0 Å². The van der Waals surface area contributed by atoms with Gasteiger partial charge in [-0.1, -0.05) is 45.1 Å². The molecule has 166 valence electrons. The molecule has 2 fully saturated rings. The second-order valence-electron chi connectivity index (χ2n) is 12.4. The van der Waals surface area contributed by atoms with E-state index in [1.807, 2.05) is 0 Å². The van der Waals surface area contributed by atoms with Crippen LogP contribution in [0.1, 0.15) is 74.1 Å². The van der Waals surface area contributed by atoms with Gasteiger partial charge in [0.15, 0.2) is 8.32 Å². The molecule has 1 aliphatic heterocycles. The lowest BCUT2D eigenvalue weighted by Gasteiger charge is -2.47. The highest BCUT2D eigenvalue weighted by atomic mass is 28.4. The molecule has 3 aliphatic carbocycles. The number of rotatable bonds is 3. The Kier molecular flexibility index (Phi) is 5.22. The van der Waals surface area contributed by atoms with Crippen LogP contribution in [-0.2, 0) is 13.7 Å². The van der Waals surface area contributed by atoms with Crippen LogP contribution in [-0.4, -0.2) is 32.1 Å². The zero-order chi connectivity index (χ0) is 22.2. The quantitative estimate of drug-likeness (QED) is 0.473. The van der Waals surface area contributed by atoms with Crippen molar-refractivity contribution in [2.24, 2.45) is 11.8 Å². The fourth-order valence-corrected chi connectivity index (χ4v) is 6.85. The number of allylic oxidation sites excluding steroid dienone is 5. The Morgan fingerprint density at radius 2 is 1.63 bits per heavy atom. The molecule has 4 rings (SSSR count). The first kappa shape index (κ1) is 22.6. The highest BCUT2D eigenvalue weighted by molar-refractivity contribution is 6.75. The molecule has 0 amide bonds. The van der Waals surface area contributed by atoms with Gasteiger partial charge in [-0.25, -0.2) is 0 Å². The monoisotopic (exact) mass is 428 g/mol. The summed E-state index contributed by atoms with van der Waals surface area (Å²) in [5.74, 6) is 1.08. The first-order valence-corrected chi connectivity index (χ1v) is 14.8. The van der Waals surface area contributed by atoms with Crippen molar-refractivity contribution in [2.75, 3.05) is 0 Å². The van der Waals surface area contributed by atoms with Crippen LogP contribution in [0, 0.1) is 11.8 Å². The van der Waals surface area contributed by atoms with E-state index in [1.54, 1.807) is 0 Å². The van der Waals surface area contributed by atoms with Crippen molar-refractivity contribution in [3.8, 4) is 0 Å². The predicted octanol–water partition coefficient (Wildman–Crippen LogP) is 6.62. The van der Waals surface area contributed by atoms with E-state index in [-0.39, 0.29) is 23.4 Å². The third-order valence-corrected chi connectivity index (χ3v) is 13.4. The van der Waals surface area contributed by atoms with Gasteiger partial charge >= 0.3 is 7.12 Å². The van der Waals surface area contributed by atoms with Crippen LogP contribution in [0.2, 0.25) is 18.1 Å². The Labute approximate surface area is 185 Å². The Morgan fingerprint density at radius 1 is 1.00 bits per heavy atom. The van der Waals surface area contributed by atoms with E-state index in [0.29, 0.717) is 11.8 Å². The summed E-state index contributed by atoms with van der Waals surface area (Å²) in [5.41, 5.74) is 1.76. The number of fused-ring (bicyclic) bond motifs is 2. The molecule has 3 atom stereocenters. The van der Waals surface area contributed by atoms with Gasteiger partial charge in [-0.3, -0.25) is 0 Å². The van der Waals surface area contributed by atoms with Crippen LogP contribution in [0.15, 0.2) is 35.5 Å². The summed E-state index contributed by atoms with van der Waals surface area (Å²) >= 11 is 0. The van der Waals surface area contributed by atoms with Gasteiger partial charge in [0.05, 0.1) is 11.2 Å². The first-order valence-electron chi connectivity index (χ1n) is 11.9. The average molecular weight is 428 g/mol. The van der Waals surface area contributed by atoms with Crippen LogP contribution in [0.4, 0.5) is 0 Å². The van der Waals surface area contributed by atoms with E-state index in [1.165, 1.54) is 30.4 Å². The molecule has 0 spiro atoms. The largest absolute Gasteiger partial charge is 0.495 e. The lowest BCUT2D eigenvalue weighted by Crippen LogP contribution is -2.58. The maximum Gasteiger partial charge on any atom is 0.495 e. The fraction of sp³-hybridized carbons (Fsp3) is 0.760. The first-order chi connectivity index (χ1) is 13.7. The van der Waals surface area contributed by atoms with Crippen molar-refractivity contribution in [2.45, 2.75) is 109 Å². The van der Waals surface area contributed by atoms with Gasteiger partial charge in [0.2, 0.25) is 0 Å². The summed E-state index contributed by atoms with van der Waals surface area (Å²) in [4.78, 5) is 0. The average Bonchev–Trinajstić information content (AvgIpc) is 3.09. The molecule has 0 radical (unpaired) electrons. The zero-order valence-corrected chi connectivity index (χ0v) is 21.6. The third-order valence-electron chi connectivity index (χ3n) is 8.87. The smallest absolute Gasteiger partial charge is 0.408 e. The standard InChI is InChI=1S/C25H41BO3Si/c1-22(2,3)30(8,9)29-25(26-27-23(4,5)24(6,7)28-26)17-16-19-15-14-18-12-10-11-13-20(18)21(19)25/h10-13,18-19H,14-17H2,1-9H3/t18?,19?,25-/m1/s1. The van der Waals surface area contributed by atoms with Crippen molar-refractivity contribution in [3.05, 3.63) is 35.5 Å². The van der Waals surface area contributed by atoms with Crippen molar-refractivity contribution in [3.63, 3.8) is 0 Å². The minimum Gasteiger partial charge on any atom is -0.408 e. The van der Waals surface area contributed by atoms with Gasteiger partial charge in [0, 0.05) is 5.92 Å². The van der Waals surface area contributed by atoms with Crippen LogP contribution in [0.3, 0.4) is 0 Å². The lowest BCUT2D eigenvalue weighted by molar-refractivity contribution is 0.00578. The molecule has 0 aromatic heterocycles. The maximum atomic E-state index is 7.41. The normalized spacial score (nSPS) is 35.0. The van der Waals surface area contributed by atoms with Crippen LogP contribution >= 0.6 is 0 Å². The molecule has 0 aromatic carbocycles. The molecule has 30 heavy (non-hydrogen) atoms. The molecule has 4 aliphatic rings. The molecule has 0 aromatic rings. The van der Waals surface area contributed by atoms with E-state index in [2.05, 4.69) is 85.9 Å². The topological polar surface area (TPSA) is 27.7 Å². The summed E-state index contributed by atoms with van der Waals surface area (Å²) < 4.78 is 20.9. The number of hydrogen-bond acceptors (Lipinski definition) is 3.